The average Bonchev–Trinajstić information content (AvgIpc) is 1.91. The predicted molar refractivity (Wildman–Crippen MR) is 49.4 cm³/mol. The lowest BCUT2D eigenvalue weighted by molar-refractivity contribution is 0.417. The van der Waals surface area contributed by atoms with Crippen molar-refractivity contribution in [2.45, 2.75) is 32.1 Å². The fourth-order valence-electron chi connectivity index (χ4n) is 1.84. The third-order valence-electron chi connectivity index (χ3n) is 2.80. The number of phenolic OH excluding ortho intramolecular Hbond substituents is 1. The van der Waals surface area contributed by atoms with Gasteiger partial charge in [-0.05, 0) is 48.9 Å². The molecule has 1 saturated carbocycles. The minimum Gasteiger partial charge on any atom is -0.508 e. The van der Waals surface area contributed by atoms with Crippen molar-refractivity contribution in [1.29, 1.82) is 0 Å². The Hall–Kier alpha value is -0.980. The van der Waals surface area contributed by atoms with Crippen molar-refractivity contribution in [1.82, 2.24) is 0 Å². The normalized spacial score (nSPS) is 17.4. The molecule has 0 aliphatic heterocycles. The van der Waals surface area contributed by atoms with Crippen LogP contribution >= 0.6 is 0 Å². The second-order valence-electron chi connectivity index (χ2n) is 3.67. The summed E-state index contributed by atoms with van der Waals surface area (Å²) in [5, 5.41) is 9.21. The topological polar surface area (TPSA) is 20.2 Å². The number of hydrogen-bond donors (Lipinski definition) is 1. The van der Waals surface area contributed by atoms with Crippen LogP contribution in [0.3, 0.4) is 0 Å². The molecule has 0 saturated heterocycles. The number of aryl methyl sites for hydroxylation is 1. The first kappa shape index (κ1) is 7.66. The van der Waals surface area contributed by atoms with Crippen LogP contribution in [0.4, 0.5) is 0 Å². The van der Waals surface area contributed by atoms with E-state index in [4.69, 9.17) is 0 Å². The lowest BCUT2D eigenvalue weighted by Crippen LogP contribution is -2.09. The molecule has 1 aromatic carbocycles. The Balaban J connectivity index is 2.31. The van der Waals surface area contributed by atoms with Gasteiger partial charge in [-0.25, -0.2) is 0 Å². The smallest absolute Gasteiger partial charge is 0.115 e. The molecular weight excluding hydrogens is 148 g/mol. The molecule has 1 heteroatoms. The van der Waals surface area contributed by atoms with E-state index >= 15 is 0 Å². The summed E-state index contributed by atoms with van der Waals surface area (Å²) in [6, 6.07) is 5.71. The second-order valence-corrected chi connectivity index (χ2v) is 3.67. The maximum atomic E-state index is 9.21. The predicted octanol–water partition coefficient (Wildman–Crippen LogP) is 2.97. The molecule has 0 aromatic heterocycles. The van der Waals surface area contributed by atoms with Crippen LogP contribution in [-0.2, 0) is 0 Å². The first-order valence-electron chi connectivity index (χ1n) is 4.57. The molecule has 0 atom stereocenters. The minimum absolute atomic E-state index is 0.385. The van der Waals surface area contributed by atoms with Gasteiger partial charge >= 0.3 is 0 Å². The summed E-state index contributed by atoms with van der Waals surface area (Å²) in [4.78, 5) is 0. The quantitative estimate of drug-likeness (QED) is 0.673. The van der Waals surface area contributed by atoms with Gasteiger partial charge < -0.3 is 5.11 Å². The third-order valence-corrected chi connectivity index (χ3v) is 2.80. The van der Waals surface area contributed by atoms with Gasteiger partial charge in [-0.3, -0.25) is 0 Å². The summed E-state index contributed by atoms with van der Waals surface area (Å²) in [6.45, 7) is 2.08. The molecular formula is C11H14O. The molecule has 0 unspecified atom stereocenters. The fourth-order valence-corrected chi connectivity index (χ4v) is 1.84. The Morgan fingerprint density at radius 3 is 2.58 bits per heavy atom. The number of phenols is 1. The highest BCUT2D eigenvalue weighted by Crippen LogP contribution is 2.38. The molecule has 0 bridgehead atoms. The molecule has 1 aliphatic rings. The Morgan fingerprint density at radius 2 is 2.08 bits per heavy atom. The van der Waals surface area contributed by atoms with Crippen molar-refractivity contribution in [2.24, 2.45) is 0 Å². The minimum atomic E-state index is 0.385. The van der Waals surface area contributed by atoms with Gasteiger partial charge in [-0.2, -0.15) is 0 Å². The summed E-state index contributed by atoms with van der Waals surface area (Å²) in [5.41, 5.74) is 2.67. The average molecular weight is 162 g/mol. The summed E-state index contributed by atoms with van der Waals surface area (Å²) in [6.07, 6.45) is 4.02. The first-order chi connectivity index (χ1) is 5.77. The van der Waals surface area contributed by atoms with Crippen molar-refractivity contribution in [3.8, 4) is 5.75 Å². The molecule has 0 spiro atoms. The van der Waals surface area contributed by atoms with Gasteiger partial charge in [0.05, 0.1) is 0 Å². The van der Waals surface area contributed by atoms with E-state index in [0.717, 1.165) is 5.92 Å². The Kier molecular flexibility index (Phi) is 1.80. The van der Waals surface area contributed by atoms with Gasteiger partial charge in [-0.15, -0.1) is 0 Å². The SMILES string of the molecule is Cc1cc(O)ccc1C1CCC1. The molecule has 12 heavy (non-hydrogen) atoms. The van der Waals surface area contributed by atoms with Crippen LogP contribution in [0, 0.1) is 6.92 Å². The van der Waals surface area contributed by atoms with Gasteiger partial charge in [-0.1, -0.05) is 12.5 Å². The zero-order valence-corrected chi connectivity index (χ0v) is 7.38. The molecule has 0 amide bonds. The molecule has 0 radical (unpaired) electrons. The van der Waals surface area contributed by atoms with Crippen LogP contribution in [0.25, 0.3) is 0 Å². The van der Waals surface area contributed by atoms with E-state index in [1.807, 2.05) is 6.07 Å². The van der Waals surface area contributed by atoms with Crippen LogP contribution < -0.4 is 0 Å². The lowest BCUT2D eigenvalue weighted by atomic mass is 9.78. The zero-order chi connectivity index (χ0) is 8.55. The summed E-state index contributed by atoms with van der Waals surface area (Å²) < 4.78 is 0. The molecule has 1 aromatic rings. The molecule has 1 N–H and O–H groups in total. The zero-order valence-electron chi connectivity index (χ0n) is 7.38. The number of rotatable bonds is 1. The molecule has 2 rings (SSSR count). The third kappa shape index (κ3) is 1.20. The van der Waals surface area contributed by atoms with Gasteiger partial charge in [0, 0.05) is 0 Å². The van der Waals surface area contributed by atoms with Crippen molar-refractivity contribution >= 4 is 0 Å². The van der Waals surface area contributed by atoms with E-state index in [0.29, 0.717) is 5.75 Å². The molecule has 1 aliphatic carbocycles. The largest absolute Gasteiger partial charge is 0.508 e. The Labute approximate surface area is 73.0 Å². The molecule has 1 nitrogen and oxygen atoms in total. The maximum absolute atomic E-state index is 9.21. The van der Waals surface area contributed by atoms with E-state index in [9.17, 15) is 5.11 Å². The molecule has 1 fully saturated rings. The first-order valence-corrected chi connectivity index (χ1v) is 4.57. The van der Waals surface area contributed by atoms with Crippen LogP contribution in [0.15, 0.2) is 18.2 Å². The van der Waals surface area contributed by atoms with Crippen LogP contribution in [0.1, 0.15) is 36.3 Å². The lowest BCUT2D eigenvalue weighted by Gasteiger charge is -2.27. The Morgan fingerprint density at radius 1 is 1.33 bits per heavy atom. The van der Waals surface area contributed by atoms with Crippen LogP contribution in [-0.4, -0.2) is 5.11 Å². The number of hydrogen-bond acceptors (Lipinski definition) is 1. The van der Waals surface area contributed by atoms with Gasteiger partial charge in [0.1, 0.15) is 5.75 Å². The van der Waals surface area contributed by atoms with Crippen LogP contribution in [0.2, 0.25) is 0 Å². The van der Waals surface area contributed by atoms with Gasteiger partial charge in [0.2, 0.25) is 0 Å². The number of benzene rings is 1. The van der Waals surface area contributed by atoms with Crippen molar-refractivity contribution in [3.63, 3.8) is 0 Å². The van der Waals surface area contributed by atoms with E-state index in [-0.39, 0.29) is 0 Å². The monoisotopic (exact) mass is 162 g/mol. The summed E-state index contributed by atoms with van der Waals surface area (Å²) in [7, 11) is 0. The van der Waals surface area contributed by atoms with Crippen molar-refractivity contribution in [2.75, 3.05) is 0 Å². The molecule has 64 valence electrons. The van der Waals surface area contributed by atoms with Crippen molar-refractivity contribution < 1.29 is 5.11 Å². The van der Waals surface area contributed by atoms with Gasteiger partial charge in [0.25, 0.3) is 0 Å². The maximum Gasteiger partial charge on any atom is 0.115 e. The highest BCUT2D eigenvalue weighted by atomic mass is 16.3. The van der Waals surface area contributed by atoms with E-state index in [2.05, 4.69) is 13.0 Å². The highest BCUT2D eigenvalue weighted by molar-refractivity contribution is 5.36. The van der Waals surface area contributed by atoms with Gasteiger partial charge in [0.15, 0.2) is 0 Å². The fraction of sp³-hybridized carbons (Fsp3) is 0.455. The second kappa shape index (κ2) is 2.81. The molecule has 0 heterocycles. The van der Waals surface area contributed by atoms with Crippen molar-refractivity contribution in [3.05, 3.63) is 29.3 Å². The Bertz CT molecular complexity index is 287. The highest BCUT2D eigenvalue weighted by Gasteiger charge is 2.20. The summed E-state index contributed by atoms with van der Waals surface area (Å²) in [5.74, 6) is 1.15. The summed E-state index contributed by atoms with van der Waals surface area (Å²) >= 11 is 0. The van der Waals surface area contributed by atoms with E-state index in [1.165, 1.54) is 30.4 Å². The standard InChI is InChI=1S/C11H14O/c1-8-7-10(12)5-6-11(8)9-3-2-4-9/h5-7,9,12H,2-4H2,1H3. The van der Waals surface area contributed by atoms with E-state index < -0.39 is 0 Å². The van der Waals surface area contributed by atoms with E-state index in [1.54, 1.807) is 6.07 Å². The van der Waals surface area contributed by atoms with Crippen LogP contribution in [0.5, 0.6) is 5.75 Å². The number of aromatic hydroxyl groups is 1.